The van der Waals surface area contributed by atoms with Crippen LogP contribution in [0, 0.1) is 25.2 Å². The predicted molar refractivity (Wildman–Crippen MR) is 74.4 cm³/mol. The molecule has 0 fully saturated rings. The van der Waals surface area contributed by atoms with Gasteiger partial charge in [0.25, 0.3) is 0 Å². The van der Waals surface area contributed by atoms with Crippen LogP contribution in [0.4, 0.5) is 5.69 Å². The van der Waals surface area contributed by atoms with Crippen LogP contribution in [-0.4, -0.2) is 32.2 Å². The highest BCUT2D eigenvalue weighted by Gasteiger charge is 2.10. The van der Waals surface area contributed by atoms with E-state index in [2.05, 4.69) is 21.1 Å². The number of sulfonamides is 1. The molecule has 1 heterocycles. The number of aromatic nitrogens is 1. The highest BCUT2D eigenvalue weighted by atomic mass is 32.2. The summed E-state index contributed by atoms with van der Waals surface area (Å²) in [6.45, 7) is 5.93. The fraction of sp³-hybridized carbons (Fsp3) is 0.500. The van der Waals surface area contributed by atoms with Gasteiger partial charge in [-0.2, -0.15) is 5.26 Å². The average molecular weight is 282 g/mol. The minimum atomic E-state index is -3.25. The minimum Gasteiger partial charge on any atom is -0.383 e. The second-order valence-electron chi connectivity index (χ2n) is 4.13. The van der Waals surface area contributed by atoms with Gasteiger partial charge in [-0.3, -0.25) is 4.98 Å². The maximum absolute atomic E-state index is 11.5. The summed E-state index contributed by atoms with van der Waals surface area (Å²) in [5.74, 6) is -0.0356. The van der Waals surface area contributed by atoms with Crippen molar-refractivity contribution in [1.29, 1.82) is 5.26 Å². The van der Waals surface area contributed by atoms with E-state index >= 15 is 0 Å². The van der Waals surface area contributed by atoms with Crippen LogP contribution in [-0.2, 0) is 10.0 Å². The van der Waals surface area contributed by atoms with E-state index < -0.39 is 10.0 Å². The molecule has 0 aromatic carbocycles. The monoisotopic (exact) mass is 282 g/mol. The zero-order chi connectivity index (χ0) is 14.5. The Balaban J connectivity index is 2.77. The van der Waals surface area contributed by atoms with Gasteiger partial charge in [-0.15, -0.1) is 0 Å². The Morgan fingerprint density at radius 3 is 2.68 bits per heavy atom. The molecule has 1 aromatic heterocycles. The lowest BCUT2D eigenvalue weighted by Crippen LogP contribution is -2.29. The molecule has 0 bridgehead atoms. The van der Waals surface area contributed by atoms with Crippen LogP contribution >= 0.6 is 0 Å². The molecule has 0 atom stereocenters. The number of aryl methyl sites for hydroxylation is 2. The Hall–Kier alpha value is -1.65. The number of nitrogens with zero attached hydrogens (tertiary/aromatic N) is 2. The number of anilines is 1. The number of hydrogen-bond donors (Lipinski definition) is 2. The molecule has 6 nitrogen and oxygen atoms in total. The molecule has 0 spiro atoms. The first kappa shape index (κ1) is 15.4. The van der Waals surface area contributed by atoms with Crippen LogP contribution in [0.2, 0.25) is 0 Å². The molecule has 0 aliphatic rings. The Morgan fingerprint density at radius 1 is 1.42 bits per heavy atom. The first-order valence-electron chi connectivity index (χ1n) is 5.99. The molecule has 0 radical (unpaired) electrons. The van der Waals surface area contributed by atoms with Gasteiger partial charge in [0, 0.05) is 18.8 Å². The van der Waals surface area contributed by atoms with Gasteiger partial charge in [0.1, 0.15) is 6.07 Å². The van der Waals surface area contributed by atoms with Gasteiger partial charge in [-0.05, 0) is 19.9 Å². The molecule has 19 heavy (non-hydrogen) atoms. The summed E-state index contributed by atoms with van der Waals surface area (Å²) in [4.78, 5) is 4.20. The van der Waals surface area contributed by atoms with Crippen molar-refractivity contribution < 1.29 is 8.42 Å². The Kier molecular flexibility index (Phi) is 5.27. The third-order valence-corrected chi connectivity index (χ3v) is 3.96. The molecule has 104 valence electrons. The van der Waals surface area contributed by atoms with Crippen molar-refractivity contribution in [3.63, 3.8) is 0 Å². The quantitative estimate of drug-likeness (QED) is 0.809. The van der Waals surface area contributed by atoms with E-state index in [9.17, 15) is 8.42 Å². The van der Waals surface area contributed by atoms with Crippen molar-refractivity contribution in [2.75, 3.05) is 24.2 Å². The minimum absolute atomic E-state index is 0.0356. The largest absolute Gasteiger partial charge is 0.383 e. The maximum Gasteiger partial charge on any atom is 0.213 e. The normalized spacial score (nSPS) is 11.1. The second-order valence-corrected chi connectivity index (χ2v) is 6.05. The molecule has 0 saturated carbocycles. The lowest BCUT2D eigenvalue weighted by molar-refractivity contribution is 0.584. The summed E-state index contributed by atoms with van der Waals surface area (Å²) < 4.78 is 25.4. The summed E-state index contributed by atoms with van der Waals surface area (Å²) in [7, 11) is -3.25. The van der Waals surface area contributed by atoms with E-state index in [0.717, 1.165) is 5.69 Å². The van der Waals surface area contributed by atoms with Crippen molar-refractivity contribution in [2.24, 2.45) is 0 Å². The van der Waals surface area contributed by atoms with E-state index in [-0.39, 0.29) is 12.3 Å². The van der Waals surface area contributed by atoms with Crippen LogP contribution in [0.25, 0.3) is 0 Å². The van der Waals surface area contributed by atoms with Crippen molar-refractivity contribution in [3.05, 3.63) is 23.0 Å². The summed E-state index contributed by atoms with van der Waals surface area (Å²) in [6, 6.07) is 3.82. The highest BCUT2D eigenvalue weighted by Crippen LogP contribution is 2.18. The van der Waals surface area contributed by atoms with Crippen molar-refractivity contribution in [3.8, 4) is 6.07 Å². The highest BCUT2D eigenvalue weighted by molar-refractivity contribution is 7.89. The smallest absolute Gasteiger partial charge is 0.213 e. The molecule has 0 aliphatic carbocycles. The van der Waals surface area contributed by atoms with Gasteiger partial charge in [-0.1, -0.05) is 6.92 Å². The third-order valence-electron chi connectivity index (χ3n) is 2.49. The van der Waals surface area contributed by atoms with Crippen molar-refractivity contribution in [1.82, 2.24) is 9.71 Å². The molecule has 0 aliphatic heterocycles. The lowest BCUT2D eigenvalue weighted by Gasteiger charge is -2.11. The topological polar surface area (TPSA) is 94.9 Å². The number of rotatable bonds is 6. The molecule has 7 heteroatoms. The summed E-state index contributed by atoms with van der Waals surface area (Å²) in [5, 5.41) is 12.1. The molecular weight excluding hydrogens is 264 g/mol. The van der Waals surface area contributed by atoms with E-state index in [4.69, 9.17) is 5.26 Å². The molecule has 1 rings (SSSR count). The van der Waals surface area contributed by atoms with Crippen molar-refractivity contribution in [2.45, 2.75) is 20.8 Å². The fourth-order valence-electron chi connectivity index (χ4n) is 1.72. The molecule has 0 unspecified atom stereocenters. The number of nitriles is 1. The van der Waals surface area contributed by atoms with Gasteiger partial charge < -0.3 is 5.32 Å². The van der Waals surface area contributed by atoms with E-state index in [0.29, 0.717) is 23.5 Å². The number of nitrogens with one attached hydrogen (secondary N) is 2. The van der Waals surface area contributed by atoms with E-state index in [1.807, 2.05) is 6.92 Å². The van der Waals surface area contributed by atoms with Crippen LogP contribution in [0.3, 0.4) is 0 Å². The zero-order valence-electron chi connectivity index (χ0n) is 11.3. The van der Waals surface area contributed by atoms with Gasteiger partial charge in [0.2, 0.25) is 10.0 Å². The molecule has 0 amide bonds. The standard InChI is InChI=1S/C12H18N4O2S/c1-4-15-19(17,18)6-5-14-12-7-9(2)16-10(3)11(12)8-13/h7,15H,4-6H2,1-3H3,(H,14,16). The zero-order valence-corrected chi connectivity index (χ0v) is 12.1. The molecule has 0 saturated heterocycles. The summed E-state index contributed by atoms with van der Waals surface area (Å²) in [6.07, 6.45) is 0. The predicted octanol–water partition coefficient (Wildman–Crippen LogP) is 0.921. The summed E-state index contributed by atoms with van der Waals surface area (Å²) >= 11 is 0. The van der Waals surface area contributed by atoms with Gasteiger partial charge in [-0.25, -0.2) is 13.1 Å². The molecular formula is C12H18N4O2S. The van der Waals surface area contributed by atoms with Gasteiger partial charge >= 0.3 is 0 Å². The maximum atomic E-state index is 11.5. The summed E-state index contributed by atoms with van der Waals surface area (Å²) in [5.41, 5.74) is 2.50. The Morgan fingerprint density at radius 2 is 2.11 bits per heavy atom. The van der Waals surface area contributed by atoms with E-state index in [1.54, 1.807) is 19.9 Å². The first-order chi connectivity index (χ1) is 8.89. The van der Waals surface area contributed by atoms with Crippen LogP contribution in [0.5, 0.6) is 0 Å². The van der Waals surface area contributed by atoms with Gasteiger partial charge in [0.15, 0.2) is 0 Å². The third kappa shape index (κ3) is 4.50. The molecule has 2 N–H and O–H groups in total. The molecule has 1 aromatic rings. The van der Waals surface area contributed by atoms with E-state index in [1.165, 1.54) is 0 Å². The first-order valence-corrected chi connectivity index (χ1v) is 7.64. The number of pyridine rings is 1. The van der Waals surface area contributed by atoms with Crippen LogP contribution in [0.1, 0.15) is 23.9 Å². The van der Waals surface area contributed by atoms with Crippen LogP contribution < -0.4 is 10.0 Å². The van der Waals surface area contributed by atoms with Crippen molar-refractivity contribution >= 4 is 15.7 Å². The van der Waals surface area contributed by atoms with Crippen LogP contribution in [0.15, 0.2) is 6.07 Å². The second kappa shape index (κ2) is 6.50. The average Bonchev–Trinajstić information content (AvgIpc) is 2.28. The lowest BCUT2D eigenvalue weighted by atomic mass is 10.1. The fourth-order valence-corrected chi connectivity index (χ4v) is 2.68. The Labute approximate surface area is 113 Å². The van der Waals surface area contributed by atoms with Gasteiger partial charge in [0.05, 0.1) is 22.7 Å². The Bertz CT molecular complexity index is 590. The number of hydrogen-bond acceptors (Lipinski definition) is 5. The SMILES string of the molecule is CCNS(=O)(=O)CCNc1cc(C)nc(C)c1C#N.